The van der Waals surface area contributed by atoms with Gasteiger partial charge in [-0.1, -0.05) is 11.3 Å². The predicted octanol–water partition coefficient (Wildman–Crippen LogP) is 0.588. The molecule has 0 aromatic carbocycles. The highest BCUT2D eigenvalue weighted by atomic mass is 16.5. The van der Waals surface area contributed by atoms with Crippen molar-refractivity contribution >= 4 is 5.91 Å². The third kappa shape index (κ3) is 2.37. The third-order valence-electron chi connectivity index (χ3n) is 4.36. The molecule has 4 heterocycles. The molecule has 2 aliphatic rings. The maximum Gasteiger partial charge on any atom is 0.227 e. The molecule has 0 saturated carbocycles. The number of pyridine rings is 1. The van der Waals surface area contributed by atoms with E-state index in [0.717, 1.165) is 24.2 Å². The molecule has 0 radical (unpaired) electrons. The fourth-order valence-electron chi connectivity index (χ4n) is 3.19. The maximum atomic E-state index is 12.5. The van der Waals surface area contributed by atoms with E-state index >= 15 is 0 Å². The lowest BCUT2D eigenvalue weighted by Gasteiger charge is -2.41. The smallest absolute Gasteiger partial charge is 0.227 e. The minimum atomic E-state index is 0.0675. The predicted molar refractivity (Wildman–Crippen MR) is 76.8 cm³/mol. The number of likely N-dealkylation sites (tertiary alicyclic amines) is 1. The van der Waals surface area contributed by atoms with Crippen molar-refractivity contribution in [1.29, 1.82) is 0 Å². The summed E-state index contributed by atoms with van der Waals surface area (Å²) in [7, 11) is 0. The van der Waals surface area contributed by atoms with Crippen LogP contribution in [0.2, 0.25) is 0 Å². The summed E-state index contributed by atoms with van der Waals surface area (Å²) in [6, 6.07) is 3.85. The summed E-state index contributed by atoms with van der Waals surface area (Å²) < 4.78 is 7.78. The van der Waals surface area contributed by atoms with Crippen LogP contribution < -0.4 is 0 Å². The Bertz CT molecular complexity index is 672. The third-order valence-corrected chi connectivity index (χ3v) is 4.36. The molecule has 1 fully saturated rings. The first kappa shape index (κ1) is 13.4. The van der Waals surface area contributed by atoms with Gasteiger partial charge in [0.2, 0.25) is 5.91 Å². The highest BCUT2D eigenvalue weighted by Gasteiger charge is 2.37. The molecular formula is C15H17N5O2. The summed E-state index contributed by atoms with van der Waals surface area (Å²) in [6.45, 7) is 1.90. The normalized spacial score (nSPS) is 23.7. The second-order valence-corrected chi connectivity index (χ2v) is 5.75. The summed E-state index contributed by atoms with van der Waals surface area (Å²) in [5, 5.41) is 8.11. The van der Waals surface area contributed by atoms with Gasteiger partial charge >= 0.3 is 0 Å². The van der Waals surface area contributed by atoms with Gasteiger partial charge in [0.1, 0.15) is 0 Å². The first-order valence-corrected chi connectivity index (χ1v) is 7.48. The van der Waals surface area contributed by atoms with Gasteiger partial charge < -0.3 is 9.64 Å². The van der Waals surface area contributed by atoms with Crippen molar-refractivity contribution in [3.8, 4) is 0 Å². The van der Waals surface area contributed by atoms with Crippen molar-refractivity contribution in [2.75, 3.05) is 13.1 Å². The number of hydrogen-bond donors (Lipinski definition) is 0. The minimum Gasteiger partial charge on any atom is -0.370 e. The van der Waals surface area contributed by atoms with E-state index in [0.29, 0.717) is 19.6 Å². The first-order chi connectivity index (χ1) is 10.8. The number of ether oxygens (including phenoxy) is 1. The molecule has 7 nitrogen and oxygen atoms in total. The lowest BCUT2D eigenvalue weighted by atomic mass is 9.99. The van der Waals surface area contributed by atoms with Gasteiger partial charge in [0.05, 0.1) is 37.1 Å². The van der Waals surface area contributed by atoms with Gasteiger partial charge in [0.25, 0.3) is 0 Å². The van der Waals surface area contributed by atoms with Crippen LogP contribution in [0.4, 0.5) is 0 Å². The van der Waals surface area contributed by atoms with E-state index in [1.165, 1.54) is 0 Å². The first-order valence-electron chi connectivity index (χ1n) is 7.48. The second-order valence-electron chi connectivity index (χ2n) is 5.75. The molecule has 2 aliphatic heterocycles. The van der Waals surface area contributed by atoms with E-state index in [1.807, 2.05) is 21.7 Å². The average Bonchev–Trinajstić information content (AvgIpc) is 3.04. The van der Waals surface area contributed by atoms with E-state index in [4.69, 9.17) is 4.74 Å². The highest BCUT2D eigenvalue weighted by Crippen LogP contribution is 2.30. The molecule has 0 spiro atoms. The zero-order valence-corrected chi connectivity index (χ0v) is 12.1. The zero-order valence-electron chi connectivity index (χ0n) is 12.1. The number of rotatable bonds is 2. The van der Waals surface area contributed by atoms with Gasteiger partial charge in [-0.2, -0.15) is 0 Å². The van der Waals surface area contributed by atoms with Crippen LogP contribution in [0.3, 0.4) is 0 Å². The van der Waals surface area contributed by atoms with Gasteiger partial charge in [-0.15, -0.1) is 5.10 Å². The number of aromatic nitrogens is 4. The maximum absolute atomic E-state index is 12.5. The van der Waals surface area contributed by atoms with Crippen molar-refractivity contribution < 1.29 is 9.53 Å². The van der Waals surface area contributed by atoms with Crippen molar-refractivity contribution in [3.63, 3.8) is 0 Å². The standard InChI is InChI=1S/C15H17N5O2/c21-15(6-11-2-1-4-16-7-11)19-5-3-14-13(9-19)20-12(10-22-14)8-17-18-20/h1-2,4,7-8,13-14H,3,5-6,9-10H2/t13-,14+/m1/s1. The number of nitrogens with zero attached hydrogens (tertiary/aromatic N) is 5. The minimum absolute atomic E-state index is 0.0675. The van der Waals surface area contributed by atoms with Crippen molar-refractivity contribution in [3.05, 3.63) is 42.0 Å². The lowest BCUT2D eigenvalue weighted by molar-refractivity contribution is -0.137. The number of fused-ring (bicyclic) bond motifs is 3. The van der Waals surface area contributed by atoms with Crippen LogP contribution in [0.15, 0.2) is 30.7 Å². The monoisotopic (exact) mass is 299 g/mol. The molecule has 0 N–H and O–H groups in total. The van der Waals surface area contributed by atoms with Crippen LogP contribution in [0, 0.1) is 0 Å². The highest BCUT2D eigenvalue weighted by molar-refractivity contribution is 5.78. The Morgan fingerprint density at radius 1 is 1.41 bits per heavy atom. The quantitative estimate of drug-likeness (QED) is 0.811. The van der Waals surface area contributed by atoms with Crippen molar-refractivity contribution in [1.82, 2.24) is 24.9 Å². The molecule has 0 unspecified atom stereocenters. The Hall–Kier alpha value is -2.28. The SMILES string of the molecule is O=C(Cc1cccnc1)N1CC[C@@H]2OCc3cnnn3[C@@H]2C1. The van der Waals surface area contributed by atoms with Gasteiger partial charge in [-0.3, -0.25) is 9.78 Å². The largest absolute Gasteiger partial charge is 0.370 e. The van der Waals surface area contributed by atoms with Crippen LogP contribution in [0.25, 0.3) is 0 Å². The number of amides is 1. The molecule has 2 atom stereocenters. The molecule has 0 aliphatic carbocycles. The van der Waals surface area contributed by atoms with E-state index in [-0.39, 0.29) is 18.1 Å². The molecule has 7 heteroatoms. The second kappa shape index (κ2) is 5.49. The molecule has 1 saturated heterocycles. The number of carbonyl (C=O) groups excluding carboxylic acids is 1. The van der Waals surface area contributed by atoms with Crippen molar-refractivity contribution in [2.45, 2.75) is 31.6 Å². The number of hydrogen-bond acceptors (Lipinski definition) is 5. The molecule has 22 heavy (non-hydrogen) atoms. The zero-order chi connectivity index (χ0) is 14.9. The molecule has 2 aromatic heterocycles. The summed E-state index contributed by atoms with van der Waals surface area (Å²) in [5.74, 6) is 0.124. The molecule has 1 amide bonds. The Morgan fingerprint density at radius 2 is 2.36 bits per heavy atom. The Kier molecular flexibility index (Phi) is 3.34. The van der Waals surface area contributed by atoms with Crippen molar-refractivity contribution in [2.24, 2.45) is 0 Å². The summed E-state index contributed by atoms with van der Waals surface area (Å²) in [5.41, 5.74) is 1.92. The Balaban J connectivity index is 1.48. The van der Waals surface area contributed by atoms with Gasteiger partial charge in [-0.05, 0) is 18.1 Å². The van der Waals surface area contributed by atoms with Crippen LogP contribution in [-0.2, 0) is 22.6 Å². The van der Waals surface area contributed by atoms with Gasteiger partial charge in [-0.25, -0.2) is 4.68 Å². The van der Waals surface area contributed by atoms with Crippen LogP contribution in [0.5, 0.6) is 0 Å². The average molecular weight is 299 g/mol. The van der Waals surface area contributed by atoms with Gasteiger partial charge in [0, 0.05) is 25.5 Å². The molecule has 2 aromatic rings. The lowest BCUT2D eigenvalue weighted by Crippen LogP contribution is -2.50. The van der Waals surface area contributed by atoms with E-state index < -0.39 is 0 Å². The molecule has 0 bridgehead atoms. The number of carbonyl (C=O) groups is 1. The fraction of sp³-hybridized carbons (Fsp3) is 0.467. The van der Waals surface area contributed by atoms with Crippen LogP contribution in [0.1, 0.15) is 23.7 Å². The van der Waals surface area contributed by atoms with E-state index in [2.05, 4.69) is 15.3 Å². The molecule has 4 rings (SSSR count). The Morgan fingerprint density at radius 3 is 3.23 bits per heavy atom. The summed E-state index contributed by atoms with van der Waals surface area (Å²) in [4.78, 5) is 18.5. The van der Waals surface area contributed by atoms with E-state index in [9.17, 15) is 4.79 Å². The van der Waals surface area contributed by atoms with E-state index in [1.54, 1.807) is 18.6 Å². The molecular weight excluding hydrogens is 282 g/mol. The Labute approximate surface area is 127 Å². The van der Waals surface area contributed by atoms with Gasteiger partial charge in [0.15, 0.2) is 0 Å². The summed E-state index contributed by atoms with van der Waals surface area (Å²) >= 11 is 0. The van der Waals surface area contributed by atoms with Crippen LogP contribution in [-0.4, -0.2) is 50.0 Å². The fourth-order valence-corrected chi connectivity index (χ4v) is 3.19. The van der Waals surface area contributed by atoms with Crippen LogP contribution >= 0.6 is 0 Å². The molecule has 114 valence electrons. The topological polar surface area (TPSA) is 73.1 Å². The number of piperidine rings is 1. The summed E-state index contributed by atoms with van der Waals surface area (Å²) in [6.07, 6.45) is 6.53.